The molecule has 0 radical (unpaired) electrons. The smallest absolute Gasteiger partial charge is 0.224 e. The van der Waals surface area contributed by atoms with Crippen molar-refractivity contribution in [3.8, 4) is 0 Å². The molecule has 0 heterocycles. The number of carbonyl (C=O) groups excluding carboxylic acids is 2. The van der Waals surface area contributed by atoms with Crippen LogP contribution in [-0.4, -0.2) is 17.4 Å². The molecule has 0 spiro atoms. The third-order valence-corrected chi connectivity index (χ3v) is 4.84. The summed E-state index contributed by atoms with van der Waals surface area (Å²) in [5.74, 6) is -0.478. The van der Waals surface area contributed by atoms with E-state index in [2.05, 4.69) is 5.32 Å². The van der Waals surface area contributed by atoms with Crippen molar-refractivity contribution in [2.45, 2.75) is 85.6 Å². The van der Waals surface area contributed by atoms with Crippen LogP contribution in [0.2, 0.25) is 0 Å². The van der Waals surface area contributed by atoms with Gasteiger partial charge in [0.25, 0.3) is 0 Å². The summed E-state index contributed by atoms with van der Waals surface area (Å²) in [5, 5.41) is 3.04. The summed E-state index contributed by atoms with van der Waals surface area (Å²) >= 11 is 0. The molecule has 4 heteroatoms. The molecule has 0 aromatic rings. The fourth-order valence-corrected chi connectivity index (χ4v) is 3.81. The van der Waals surface area contributed by atoms with E-state index in [0.717, 1.165) is 12.8 Å². The molecule has 1 rings (SSSR count). The Kier molecular flexibility index (Phi) is 6.67. The van der Waals surface area contributed by atoms with Crippen LogP contribution in [0.1, 0.15) is 80.1 Å². The highest BCUT2D eigenvalue weighted by Crippen LogP contribution is 2.37. The third kappa shape index (κ3) is 6.52. The minimum atomic E-state index is -0.391. The van der Waals surface area contributed by atoms with Gasteiger partial charge in [-0.25, -0.2) is 0 Å². The zero-order valence-electron chi connectivity index (χ0n) is 15.9. The van der Waals surface area contributed by atoms with Gasteiger partial charge in [0.1, 0.15) is 0 Å². The molecule has 1 saturated carbocycles. The Morgan fingerprint density at radius 3 is 2.00 bits per heavy atom. The first kappa shape index (κ1) is 20.0. The maximum Gasteiger partial charge on any atom is 0.224 e. The average molecular weight is 325 g/mol. The van der Waals surface area contributed by atoms with Crippen LogP contribution < -0.4 is 11.1 Å². The van der Waals surface area contributed by atoms with Crippen LogP contribution in [0.5, 0.6) is 0 Å². The van der Waals surface area contributed by atoms with E-state index in [-0.39, 0.29) is 28.7 Å². The highest BCUT2D eigenvalue weighted by Gasteiger charge is 2.41. The first-order valence-corrected chi connectivity index (χ1v) is 9.03. The van der Waals surface area contributed by atoms with Gasteiger partial charge in [-0.2, -0.15) is 0 Å². The fourth-order valence-electron chi connectivity index (χ4n) is 3.81. The Bertz CT molecular complexity index is 412. The Morgan fingerprint density at radius 2 is 1.61 bits per heavy atom. The van der Waals surface area contributed by atoms with Crippen LogP contribution >= 0.6 is 0 Å². The van der Waals surface area contributed by atoms with E-state index < -0.39 is 5.92 Å². The van der Waals surface area contributed by atoms with Crippen molar-refractivity contribution in [3.63, 3.8) is 0 Å². The minimum absolute atomic E-state index is 0.0554. The summed E-state index contributed by atoms with van der Waals surface area (Å²) in [5.41, 5.74) is 5.09. The zero-order chi connectivity index (χ0) is 17.8. The second-order valence-electron chi connectivity index (χ2n) is 9.32. The third-order valence-electron chi connectivity index (χ3n) is 4.84. The average Bonchev–Trinajstić information content (AvgIpc) is 2.82. The van der Waals surface area contributed by atoms with E-state index in [1.54, 1.807) is 0 Å². The first-order chi connectivity index (χ1) is 10.4. The SMILES string of the molecule is CC(C)(C)NC(=O)[C@@H](C(CCC1CCCC1)C(N)=O)C(C)(C)C. The summed E-state index contributed by atoms with van der Waals surface area (Å²) in [6.45, 7) is 11.9. The van der Waals surface area contributed by atoms with Gasteiger partial charge in [-0.3, -0.25) is 9.59 Å². The van der Waals surface area contributed by atoms with E-state index in [4.69, 9.17) is 5.73 Å². The van der Waals surface area contributed by atoms with Gasteiger partial charge in [-0.15, -0.1) is 0 Å². The Labute approximate surface area is 142 Å². The molecule has 4 nitrogen and oxygen atoms in total. The molecule has 0 bridgehead atoms. The van der Waals surface area contributed by atoms with Crippen molar-refractivity contribution in [3.05, 3.63) is 0 Å². The number of nitrogens with one attached hydrogen (secondary N) is 1. The lowest BCUT2D eigenvalue weighted by Crippen LogP contribution is -2.51. The summed E-state index contributed by atoms with van der Waals surface area (Å²) in [4.78, 5) is 24.9. The number of amides is 2. The predicted octanol–water partition coefficient (Wildman–Crippen LogP) is 3.64. The molecule has 1 unspecified atom stereocenters. The topological polar surface area (TPSA) is 72.2 Å². The maximum atomic E-state index is 12.8. The lowest BCUT2D eigenvalue weighted by Gasteiger charge is -2.37. The largest absolute Gasteiger partial charge is 0.369 e. The molecule has 134 valence electrons. The van der Waals surface area contributed by atoms with Gasteiger partial charge in [0, 0.05) is 11.5 Å². The molecule has 0 aromatic heterocycles. The van der Waals surface area contributed by atoms with Crippen LogP contribution in [0.15, 0.2) is 0 Å². The second-order valence-corrected chi connectivity index (χ2v) is 9.32. The number of hydrogen-bond donors (Lipinski definition) is 2. The van der Waals surface area contributed by atoms with E-state index in [1.165, 1.54) is 25.7 Å². The summed E-state index contributed by atoms with van der Waals surface area (Å²) in [6, 6.07) is 0. The number of primary amides is 1. The van der Waals surface area contributed by atoms with Crippen molar-refractivity contribution >= 4 is 11.8 Å². The molecule has 1 aliphatic carbocycles. The van der Waals surface area contributed by atoms with Crippen LogP contribution in [0, 0.1) is 23.2 Å². The van der Waals surface area contributed by atoms with Crippen LogP contribution in [-0.2, 0) is 9.59 Å². The number of nitrogens with two attached hydrogens (primary N) is 1. The zero-order valence-corrected chi connectivity index (χ0v) is 15.9. The lowest BCUT2D eigenvalue weighted by molar-refractivity contribution is -0.139. The van der Waals surface area contributed by atoms with E-state index in [1.807, 2.05) is 41.5 Å². The fraction of sp³-hybridized carbons (Fsp3) is 0.895. The molecule has 0 saturated heterocycles. The Hall–Kier alpha value is -1.06. The quantitative estimate of drug-likeness (QED) is 0.783. The normalized spacial score (nSPS) is 19.4. The van der Waals surface area contributed by atoms with Crippen molar-refractivity contribution < 1.29 is 9.59 Å². The molecular weight excluding hydrogens is 288 g/mol. The highest BCUT2D eigenvalue weighted by molar-refractivity contribution is 5.87. The summed E-state index contributed by atoms with van der Waals surface area (Å²) < 4.78 is 0. The van der Waals surface area contributed by atoms with Gasteiger partial charge in [0.2, 0.25) is 11.8 Å². The van der Waals surface area contributed by atoms with Crippen LogP contribution in [0.3, 0.4) is 0 Å². The number of rotatable bonds is 6. The van der Waals surface area contributed by atoms with Gasteiger partial charge >= 0.3 is 0 Å². The van der Waals surface area contributed by atoms with Crippen LogP contribution in [0.4, 0.5) is 0 Å². The van der Waals surface area contributed by atoms with Crippen molar-refractivity contribution in [2.75, 3.05) is 0 Å². The maximum absolute atomic E-state index is 12.8. The molecule has 1 aliphatic rings. The Morgan fingerprint density at radius 1 is 1.09 bits per heavy atom. The monoisotopic (exact) mass is 324 g/mol. The van der Waals surface area contributed by atoms with Gasteiger partial charge in [0.15, 0.2) is 0 Å². The van der Waals surface area contributed by atoms with Crippen molar-refractivity contribution in [1.82, 2.24) is 5.32 Å². The molecule has 1 fully saturated rings. The first-order valence-electron chi connectivity index (χ1n) is 9.03. The molecule has 2 atom stereocenters. The lowest BCUT2D eigenvalue weighted by atomic mass is 9.70. The van der Waals surface area contributed by atoms with Crippen molar-refractivity contribution in [2.24, 2.45) is 28.9 Å². The summed E-state index contributed by atoms with van der Waals surface area (Å²) in [7, 11) is 0. The van der Waals surface area contributed by atoms with Gasteiger partial charge in [-0.1, -0.05) is 46.5 Å². The van der Waals surface area contributed by atoms with E-state index in [0.29, 0.717) is 5.92 Å². The molecule has 23 heavy (non-hydrogen) atoms. The van der Waals surface area contributed by atoms with E-state index >= 15 is 0 Å². The standard InChI is InChI=1S/C19H36N2O2/c1-18(2,3)15(17(23)21-19(4,5)6)14(16(20)22)12-11-13-9-7-8-10-13/h13-15H,7-12H2,1-6H3,(H2,20,22)(H,21,23)/t14?,15-/m1/s1. The second kappa shape index (κ2) is 7.67. The highest BCUT2D eigenvalue weighted by atomic mass is 16.2. The van der Waals surface area contributed by atoms with Crippen molar-refractivity contribution in [1.29, 1.82) is 0 Å². The Balaban J connectivity index is 2.89. The minimum Gasteiger partial charge on any atom is -0.369 e. The molecule has 0 aromatic carbocycles. The molecule has 0 aliphatic heterocycles. The van der Waals surface area contributed by atoms with Gasteiger partial charge in [0.05, 0.1) is 5.92 Å². The predicted molar refractivity (Wildman–Crippen MR) is 94.7 cm³/mol. The number of hydrogen-bond acceptors (Lipinski definition) is 2. The van der Waals surface area contributed by atoms with Crippen LogP contribution in [0.25, 0.3) is 0 Å². The van der Waals surface area contributed by atoms with Gasteiger partial charge < -0.3 is 11.1 Å². The van der Waals surface area contributed by atoms with E-state index in [9.17, 15) is 9.59 Å². The number of carbonyl (C=O) groups is 2. The molecule has 2 amide bonds. The molecular formula is C19H36N2O2. The van der Waals surface area contributed by atoms with Gasteiger partial charge in [-0.05, 0) is 44.9 Å². The molecule has 3 N–H and O–H groups in total. The summed E-state index contributed by atoms with van der Waals surface area (Å²) in [6.07, 6.45) is 6.81.